The van der Waals surface area contributed by atoms with Crippen LogP contribution in [0.25, 0.3) is 0 Å². The van der Waals surface area contributed by atoms with Crippen LogP contribution in [0.3, 0.4) is 0 Å². The molecular weight excluding hydrogens is 244 g/mol. The van der Waals surface area contributed by atoms with E-state index < -0.39 is 17.2 Å². The first-order chi connectivity index (χ1) is 8.64. The molecule has 0 atom stereocenters. The van der Waals surface area contributed by atoms with E-state index in [4.69, 9.17) is 10.5 Å². The Bertz CT molecular complexity index is 432. The number of carbonyl (C=O) groups excluding carboxylic acids is 1. The fourth-order valence-electron chi connectivity index (χ4n) is 1.57. The molecule has 0 bridgehead atoms. The van der Waals surface area contributed by atoms with Gasteiger partial charge in [0.25, 0.3) is 0 Å². The van der Waals surface area contributed by atoms with Gasteiger partial charge in [0, 0.05) is 12.7 Å². The summed E-state index contributed by atoms with van der Waals surface area (Å²) in [4.78, 5) is 11.8. The van der Waals surface area contributed by atoms with Crippen LogP contribution >= 0.6 is 0 Å². The van der Waals surface area contributed by atoms with Crippen molar-refractivity contribution in [2.45, 2.75) is 52.3 Å². The van der Waals surface area contributed by atoms with Crippen molar-refractivity contribution in [3.05, 3.63) is 18.0 Å². The van der Waals surface area contributed by atoms with Crippen LogP contribution in [0.4, 0.5) is 4.79 Å². The second-order valence-electron chi connectivity index (χ2n) is 6.00. The Morgan fingerprint density at radius 2 is 2.05 bits per heavy atom. The van der Waals surface area contributed by atoms with Gasteiger partial charge in [-0.25, -0.2) is 4.79 Å². The van der Waals surface area contributed by atoms with Crippen molar-refractivity contribution in [1.29, 1.82) is 0 Å². The second kappa shape index (κ2) is 5.61. The van der Waals surface area contributed by atoms with Crippen molar-refractivity contribution in [2.24, 2.45) is 5.73 Å². The second-order valence-corrected chi connectivity index (χ2v) is 6.00. The van der Waals surface area contributed by atoms with Crippen LogP contribution in [0, 0.1) is 0 Å². The van der Waals surface area contributed by atoms with E-state index in [1.165, 1.54) is 0 Å². The van der Waals surface area contributed by atoms with Crippen molar-refractivity contribution in [1.82, 2.24) is 15.1 Å². The number of aromatic nitrogens is 2. The average Bonchev–Trinajstić information content (AvgIpc) is 2.63. The molecule has 1 amide bonds. The Balaban J connectivity index is 2.71. The minimum Gasteiger partial charge on any atom is -0.444 e. The predicted molar refractivity (Wildman–Crippen MR) is 73.7 cm³/mol. The molecule has 1 aromatic heterocycles. The van der Waals surface area contributed by atoms with E-state index in [0.717, 1.165) is 5.69 Å². The highest BCUT2D eigenvalue weighted by Crippen LogP contribution is 2.18. The average molecular weight is 268 g/mol. The van der Waals surface area contributed by atoms with E-state index in [1.54, 1.807) is 4.68 Å². The zero-order chi connectivity index (χ0) is 14.7. The maximum atomic E-state index is 11.8. The highest BCUT2D eigenvalue weighted by atomic mass is 16.6. The maximum Gasteiger partial charge on any atom is 0.408 e. The fraction of sp³-hybridized carbons (Fsp3) is 0.692. The van der Waals surface area contributed by atoms with Crippen LogP contribution in [0.15, 0.2) is 12.3 Å². The molecule has 3 N–H and O–H groups in total. The number of hydrogen-bond acceptors (Lipinski definition) is 4. The third-order valence-electron chi connectivity index (χ3n) is 2.45. The highest BCUT2D eigenvalue weighted by Gasteiger charge is 2.28. The standard InChI is InChI=1S/C13H24N4O2/c1-12(2,3)19-11(18)15-13(4,5)10-6-8-17(16-10)9-7-14/h6,8H,7,9,14H2,1-5H3,(H,15,18). The number of hydrogen-bond donors (Lipinski definition) is 2. The summed E-state index contributed by atoms with van der Waals surface area (Å²) in [5.41, 5.74) is 5.14. The molecule has 108 valence electrons. The topological polar surface area (TPSA) is 82.2 Å². The zero-order valence-corrected chi connectivity index (χ0v) is 12.4. The van der Waals surface area contributed by atoms with Gasteiger partial charge < -0.3 is 15.8 Å². The summed E-state index contributed by atoms with van der Waals surface area (Å²) in [6.45, 7) is 10.4. The molecular formula is C13H24N4O2. The van der Waals surface area contributed by atoms with Gasteiger partial charge in [-0.2, -0.15) is 5.10 Å². The molecule has 1 aromatic rings. The monoisotopic (exact) mass is 268 g/mol. The molecule has 1 rings (SSSR count). The van der Waals surface area contributed by atoms with E-state index in [1.807, 2.05) is 46.9 Å². The molecule has 0 unspecified atom stereocenters. The van der Waals surface area contributed by atoms with Gasteiger partial charge in [0.1, 0.15) is 5.60 Å². The number of alkyl carbamates (subject to hydrolysis) is 1. The number of amides is 1. The molecule has 0 aromatic carbocycles. The molecule has 6 nitrogen and oxygen atoms in total. The Labute approximate surface area is 114 Å². The Morgan fingerprint density at radius 1 is 1.42 bits per heavy atom. The van der Waals surface area contributed by atoms with Gasteiger partial charge in [0.15, 0.2) is 0 Å². The quantitative estimate of drug-likeness (QED) is 0.869. The van der Waals surface area contributed by atoms with Gasteiger partial charge in [0.05, 0.1) is 17.8 Å². The van der Waals surface area contributed by atoms with Crippen molar-refractivity contribution in [3.63, 3.8) is 0 Å². The number of nitrogens with two attached hydrogens (primary N) is 1. The smallest absolute Gasteiger partial charge is 0.408 e. The summed E-state index contributed by atoms with van der Waals surface area (Å²) in [7, 11) is 0. The molecule has 0 aliphatic rings. The molecule has 0 aliphatic carbocycles. The Morgan fingerprint density at radius 3 is 2.58 bits per heavy atom. The summed E-state index contributed by atoms with van der Waals surface area (Å²) in [6.07, 6.45) is 1.40. The van der Waals surface area contributed by atoms with E-state index in [9.17, 15) is 4.79 Å². The van der Waals surface area contributed by atoms with Crippen molar-refractivity contribution in [2.75, 3.05) is 6.54 Å². The fourth-order valence-corrected chi connectivity index (χ4v) is 1.57. The number of nitrogens with one attached hydrogen (secondary N) is 1. The lowest BCUT2D eigenvalue weighted by Gasteiger charge is -2.27. The minimum absolute atomic E-state index is 0.453. The maximum absolute atomic E-state index is 11.8. The van der Waals surface area contributed by atoms with Crippen LogP contribution in [0.2, 0.25) is 0 Å². The van der Waals surface area contributed by atoms with E-state index in [0.29, 0.717) is 13.1 Å². The number of rotatable bonds is 4. The van der Waals surface area contributed by atoms with Crippen LogP contribution in [0.5, 0.6) is 0 Å². The SMILES string of the molecule is CC(C)(C)OC(=O)NC(C)(C)c1ccn(CCN)n1. The minimum atomic E-state index is -0.595. The number of ether oxygens (including phenoxy) is 1. The zero-order valence-electron chi connectivity index (χ0n) is 12.4. The first kappa shape index (κ1) is 15.5. The first-order valence-corrected chi connectivity index (χ1v) is 6.39. The van der Waals surface area contributed by atoms with Crippen LogP contribution in [-0.2, 0) is 16.8 Å². The summed E-state index contributed by atoms with van der Waals surface area (Å²) in [5, 5.41) is 7.20. The highest BCUT2D eigenvalue weighted by molar-refractivity contribution is 5.68. The molecule has 0 fully saturated rings. The largest absolute Gasteiger partial charge is 0.444 e. The third-order valence-corrected chi connectivity index (χ3v) is 2.45. The van der Waals surface area contributed by atoms with E-state index in [-0.39, 0.29) is 0 Å². The van der Waals surface area contributed by atoms with Gasteiger partial charge >= 0.3 is 6.09 Å². The first-order valence-electron chi connectivity index (χ1n) is 6.39. The van der Waals surface area contributed by atoms with Crippen molar-refractivity contribution < 1.29 is 9.53 Å². The third kappa shape index (κ3) is 4.90. The lowest BCUT2D eigenvalue weighted by molar-refractivity contribution is 0.0468. The normalized spacial score (nSPS) is 12.3. The van der Waals surface area contributed by atoms with Gasteiger partial charge in [-0.3, -0.25) is 4.68 Å². The number of nitrogens with zero attached hydrogens (tertiary/aromatic N) is 2. The van der Waals surface area contributed by atoms with E-state index in [2.05, 4.69) is 10.4 Å². The summed E-state index contributed by atoms with van der Waals surface area (Å²) < 4.78 is 7.00. The summed E-state index contributed by atoms with van der Waals surface area (Å²) >= 11 is 0. The summed E-state index contributed by atoms with van der Waals surface area (Å²) in [5.74, 6) is 0. The van der Waals surface area contributed by atoms with Gasteiger partial charge in [-0.1, -0.05) is 0 Å². The molecule has 19 heavy (non-hydrogen) atoms. The molecule has 0 radical (unpaired) electrons. The van der Waals surface area contributed by atoms with Gasteiger partial charge in [0.2, 0.25) is 0 Å². The van der Waals surface area contributed by atoms with E-state index >= 15 is 0 Å². The van der Waals surface area contributed by atoms with Crippen molar-refractivity contribution >= 4 is 6.09 Å². The lowest BCUT2D eigenvalue weighted by atomic mass is 10.0. The van der Waals surface area contributed by atoms with Gasteiger partial charge in [-0.15, -0.1) is 0 Å². The van der Waals surface area contributed by atoms with Gasteiger partial charge in [-0.05, 0) is 40.7 Å². The molecule has 0 saturated heterocycles. The van der Waals surface area contributed by atoms with Crippen LogP contribution in [0.1, 0.15) is 40.3 Å². The summed E-state index contributed by atoms with van der Waals surface area (Å²) in [6, 6.07) is 1.87. The molecule has 1 heterocycles. The van der Waals surface area contributed by atoms with Crippen LogP contribution < -0.4 is 11.1 Å². The Hall–Kier alpha value is -1.56. The Kier molecular flexibility index (Phi) is 4.57. The molecule has 0 saturated carbocycles. The van der Waals surface area contributed by atoms with Crippen molar-refractivity contribution in [3.8, 4) is 0 Å². The number of carbonyl (C=O) groups is 1. The lowest BCUT2D eigenvalue weighted by Crippen LogP contribution is -2.44. The molecule has 0 aliphatic heterocycles. The van der Waals surface area contributed by atoms with Crippen LogP contribution in [-0.4, -0.2) is 28.0 Å². The molecule has 6 heteroatoms. The molecule has 0 spiro atoms. The predicted octanol–water partition coefficient (Wildman–Crippen LogP) is 1.60.